The second-order valence-corrected chi connectivity index (χ2v) is 8.15. The zero-order valence-electron chi connectivity index (χ0n) is 14.2. The van der Waals surface area contributed by atoms with Crippen LogP contribution in [-0.2, 0) is 14.8 Å². The summed E-state index contributed by atoms with van der Waals surface area (Å²) in [6, 6.07) is 11.2. The number of hydrogen-bond acceptors (Lipinski definition) is 4. The van der Waals surface area contributed by atoms with Crippen molar-refractivity contribution in [3.05, 3.63) is 52.5 Å². The molecule has 6 nitrogen and oxygen atoms in total. The number of anilines is 2. The molecule has 26 heavy (non-hydrogen) atoms. The van der Waals surface area contributed by atoms with E-state index < -0.39 is 22.5 Å². The molecule has 0 saturated carbocycles. The number of nitrogens with one attached hydrogen (secondary N) is 1. The Labute approximate surface area is 162 Å². The van der Waals surface area contributed by atoms with E-state index in [1.807, 2.05) is 6.92 Å². The van der Waals surface area contributed by atoms with Crippen molar-refractivity contribution in [3.8, 4) is 5.75 Å². The molecular weight excluding hydrogens is 399 g/mol. The second-order valence-electron chi connectivity index (χ2n) is 5.37. The summed E-state index contributed by atoms with van der Waals surface area (Å²) in [7, 11) is -3.74. The highest BCUT2D eigenvalue weighted by atomic mass is 35.5. The van der Waals surface area contributed by atoms with Crippen LogP contribution in [0.5, 0.6) is 5.75 Å². The smallest absolute Gasteiger partial charge is 0.245 e. The van der Waals surface area contributed by atoms with Crippen molar-refractivity contribution in [1.29, 1.82) is 0 Å². The van der Waals surface area contributed by atoms with Gasteiger partial charge in [-0.2, -0.15) is 0 Å². The average molecular weight is 417 g/mol. The first-order valence-electron chi connectivity index (χ1n) is 7.66. The molecule has 0 radical (unpaired) electrons. The van der Waals surface area contributed by atoms with Crippen LogP contribution in [0.2, 0.25) is 10.0 Å². The molecule has 1 N–H and O–H groups in total. The van der Waals surface area contributed by atoms with Crippen molar-refractivity contribution in [2.75, 3.05) is 29.0 Å². The highest BCUT2D eigenvalue weighted by Gasteiger charge is 2.22. The quantitative estimate of drug-likeness (QED) is 0.744. The van der Waals surface area contributed by atoms with Crippen molar-refractivity contribution in [1.82, 2.24) is 0 Å². The molecule has 0 atom stereocenters. The number of rotatable bonds is 7. The van der Waals surface area contributed by atoms with E-state index in [2.05, 4.69) is 5.32 Å². The summed E-state index contributed by atoms with van der Waals surface area (Å²) in [5.74, 6) is -0.0290. The lowest BCUT2D eigenvalue weighted by molar-refractivity contribution is -0.114. The fraction of sp³-hybridized carbons (Fsp3) is 0.235. The first-order valence-corrected chi connectivity index (χ1v) is 10.3. The minimum absolute atomic E-state index is 0.207. The molecule has 0 saturated heterocycles. The SMILES string of the molecule is CCOc1ccccc1NC(=O)CN(c1cc(Cl)cc(Cl)c1)S(C)(=O)=O. The van der Waals surface area contributed by atoms with E-state index in [1.54, 1.807) is 24.3 Å². The maximum absolute atomic E-state index is 12.4. The van der Waals surface area contributed by atoms with Gasteiger partial charge in [-0.15, -0.1) is 0 Å². The van der Waals surface area contributed by atoms with Crippen molar-refractivity contribution in [3.63, 3.8) is 0 Å². The number of nitrogens with zero attached hydrogens (tertiary/aromatic N) is 1. The normalized spacial score (nSPS) is 11.1. The van der Waals surface area contributed by atoms with Gasteiger partial charge >= 0.3 is 0 Å². The summed E-state index contributed by atoms with van der Waals surface area (Å²) in [5, 5.41) is 3.19. The molecule has 0 bridgehead atoms. The molecule has 0 spiro atoms. The van der Waals surface area contributed by atoms with Gasteiger partial charge < -0.3 is 10.1 Å². The Morgan fingerprint density at radius 2 is 1.77 bits per heavy atom. The van der Waals surface area contributed by atoms with Gasteiger partial charge in [0, 0.05) is 10.0 Å². The van der Waals surface area contributed by atoms with Gasteiger partial charge in [-0.3, -0.25) is 9.10 Å². The number of carbonyl (C=O) groups is 1. The zero-order valence-corrected chi connectivity index (χ0v) is 16.5. The molecule has 140 valence electrons. The van der Waals surface area contributed by atoms with Gasteiger partial charge in [0.1, 0.15) is 12.3 Å². The predicted octanol–water partition coefficient (Wildman–Crippen LogP) is 3.80. The third kappa shape index (κ3) is 5.52. The summed E-state index contributed by atoms with van der Waals surface area (Å²) < 4.78 is 30.7. The third-order valence-electron chi connectivity index (χ3n) is 3.28. The predicted molar refractivity (Wildman–Crippen MR) is 105 cm³/mol. The fourth-order valence-electron chi connectivity index (χ4n) is 2.25. The van der Waals surface area contributed by atoms with E-state index in [0.717, 1.165) is 10.6 Å². The van der Waals surface area contributed by atoms with Crippen molar-refractivity contribution >= 4 is 50.5 Å². The highest BCUT2D eigenvalue weighted by Crippen LogP contribution is 2.28. The summed E-state index contributed by atoms with van der Waals surface area (Å²) in [4.78, 5) is 12.4. The molecule has 1 amide bonds. The second kappa shape index (κ2) is 8.62. The largest absolute Gasteiger partial charge is 0.492 e. The maximum Gasteiger partial charge on any atom is 0.245 e. The van der Waals surface area contributed by atoms with Crippen LogP contribution in [0.1, 0.15) is 6.92 Å². The number of ether oxygens (including phenoxy) is 1. The lowest BCUT2D eigenvalue weighted by Crippen LogP contribution is -2.37. The number of para-hydroxylation sites is 2. The van der Waals surface area contributed by atoms with Crippen molar-refractivity contribution in [2.24, 2.45) is 0 Å². The van der Waals surface area contributed by atoms with Crippen molar-refractivity contribution < 1.29 is 17.9 Å². The summed E-state index contributed by atoms with van der Waals surface area (Å²) in [6.45, 7) is 1.83. The van der Waals surface area contributed by atoms with Crippen LogP contribution in [-0.4, -0.2) is 33.7 Å². The molecule has 0 heterocycles. The minimum atomic E-state index is -3.74. The highest BCUT2D eigenvalue weighted by molar-refractivity contribution is 7.92. The number of benzene rings is 2. The van der Waals surface area contributed by atoms with Crippen LogP contribution in [0.15, 0.2) is 42.5 Å². The third-order valence-corrected chi connectivity index (χ3v) is 4.86. The minimum Gasteiger partial charge on any atom is -0.492 e. The molecule has 0 aliphatic heterocycles. The molecule has 2 rings (SSSR count). The number of sulfonamides is 1. The molecular formula is C17H18Cl2N2O4S. The van der Waals surface area contributed by atoms with E-state index in [9.17, 15) is 13.2 Å². The van der Waals surface area contributed by atoms with Gasteiger partial charge in [0.25, 0.3) is 0 Å². The van der Waals surface area contributed by atoms with Crippen LogP contribution in [0.3, 0.4) is 0 Å². The number of hydrogen-bond donors (Lipinski definition) is 1. The lowest BCUT2D eigenvalue weighted by atomic mass is 10.3. The first-order chi connectivity index (χ1) is 12.2. The van der Waals surface area contributed by atoms with E-state index in [-0.39, 0.29) is 15.7 Å². The lowest BCUT2D eigenvalue weighted by Gasteiger charge is -2.22. The summed E-state index contributed by atoms with van der Waals surface area (Å²) >= 11 is 11.9. The maximum atomic E-state index is 12.4. The van der Waals surface area contributed by atoms with Gasteiger partial charge in [-0.25, -0.2) is 8.42 Å². The van der Waals surface area contributed by atoms with E-state index >= 15 is 0 Å². The van der Waals surface area contributed by atoms with Gasteiger partial charge in [0.2, 0.25) is 15.9 Å². The molecule has 2 aromatic rings. The molecule has 2 aromatic carbocycles. The molecule has 9 heteroatoms. The van der Waals surface area contributed by atoms with Crippen LogP contribution < -0.4 is 14.4 Å². The van der Waals surface area contributed by atoms with Crippen LogP contribution in [0.25, 0.3) is 0 Å². The molecule has 0 aliphatic rings. The van der Waals surface area contributed by atoms with Gasteiger partial charge in [0.05, 0.1) is 24.2 Å². The van der Waals surface area contributed by atoms with E-state index in [1.165, 1.54) is 18.2 Å². The van der Waals surface area contributed by atoms with Crippen LogP contribution >= 0.6 is 23.2 Å². The molecule has 0 aromatic heterocycles. The number of amides is 1. The van der Waals surface area contributed by atoms with Crippen molar-refractivity contribution in [2.45, 2.75) is 6.92 Å². The Balaban J connectivity index is 2.26. The molecule has 0 aliphatic carbocycles. The Morgan fingerprint density at radius 1 is 1.15 bits per heavy atom. The van der Waals surface area contributed by atoms with Crippen LogP contribution in [0, 0.1) is 0 Å². The zero-order chi connectivity index (χ0) is 19.3. The Morgan fingerprint density at radius 3 is 2.35 bits per heavy atom. The molecule has 0 unspecified atom stereocenters. The standard InChI is InChI=1S/C17H18Cl2N2O4S/c1-3-25-16-7-5-4-6-15(16)20-17(22)11-21(26(2,23)24)14-9-12(18)8-13(19)10-14/h4-10H,3,11H2,1-2H3,(H,20,22). The monoisotopic (exact) mass is 416 g/mol. The Hall–Kier alpha value is -1.96. The topological polar surface area (TPSA) is 75.7 Å². The Kier molecular flexibility index (Phi) is 6.75. The first kappa shape index (κ1) is 20.4. The van der Waals surface area contributed by atoms with Gasteiger partial charge in [-0.1, -0.05) is 35.3 Å². The summed E-state index contributed by atoms with van der Waals surface area (Å²) in [5.41, 5.74) is 0.662. The fourth-order valence-corrected chi connectivity index (χ4v) is 3.61. The van der Waals surface area contributed by atoms with E-state index in [0.29, 0.717) is 18.0 Å². The Bertz CT molecular complexity index is 883. The summed E-state index contributed by atoms with van der Waals surface area (Å²) in [6.07, 6.45) is 1.00. The van der Waals surface area contributed by atoms with Crippen LogP contribution in [0.4, 0.5) is 11.4 Å². The average Bonchev–Trinajstić information content (AvgIpc) is 2.52. The number of halogens is 2. The van der Waals surface area contributed by atoms with Gasteiger partial charge in [-0.05, 0) is 37.3 Å². The van der Waals surface area contributed by atoms with Gasteiger partial charge in [0.15, 0.2) is 0 Å². The van der Waals surface area contributed by atoms with E-state index in [4.69, 9.17) is 27.9 Å². The number of carbonyl (C=O) groups excluding carboxylic acids is 1. The molecule has 0 fully saturated rings.